The minimum atomic E-state index is 0.621. The van der Waals surface area contributed by atoms with Crippen molar-refractivity contribution in [2.45, 2.75) is 26.2 Å². The molecule has 0 amide bonds. The van der Waals surface area contributed by atoms with E-state index in [4.69, 9.17) is 16.0 Å². The lowest BCUT2D eigenvalue weighted by Crippen LogP contribution is -1.88. The minimum Gasteiger partial charge on any atom is -0.425 e. The highest BCUT2D eigenvalue weighted by Crippen LogP contribution is 2.10. The van der Waals surface area contributed by atoms with E-state index in [2.05, 4.69) is 41.4 Å². The molecule has 0 unspecified atom stereocenters. The summed E-state index contributed by atoms with van der Waals surface area (Å²) in [7, 11) is 0. The average Bonchev–Trinajstić information content (AvgIpc) is 2.77. The van der Waals surface area contributed by atoms with Crippen LogP contribution in [0.4, 0.5) is 0 Å². The molecule has 0 bridgehead atoms. The first-order valence-corrected chi connectivity index (χ1v) is 6.24. The maximum Gasteiger partial charge on any atom is 0.220 e. The Labute approximate surface area is 106 Å². The standard InChI is InChI=1S/C13H15ClN2O/c1-10-4-6-11(7-5-10)9-13-16-15-12(17-13)3-2-8-14/h4-7H,2-3,8-9H2,1H3. The van der Waals surface area contributed by atoms with Gasteiger partial charge in [0.1, 0.15) is 0 Å². The zero-order chi connectivity index (χ0) is 12.1. The Morgan fingerprint density at radius 3 is 2.53 bits per heavy atom. The molecule has 0 aliphatic heterocycles. The number of halogens is 1. The number of nitrogens with zero attached hydrogens (tertiary/aromatic N) is 2. The Morgan fingerprint density at radius 1 is 1.12 bits per heavy atom. The molecule has 0 radical (unpaired) electrons. The first-order valence-electron chi connectivity index (χ1n) is 5.70. The molecule has 2 aromatic rings. The van der Waals surface area contributed by atoms with Crippen molar-refractivity contribution in [3.05, 3.63) is 47.2 Å². The molecule has 1 aromatic heterocycles. The fourth-order valence-electron chi connectivity index (χ4n) is 1.56. The van der Waals surface area contributed by atoms with Crippen molar-refractivity contribution in [1.29, 1.82) is 0 Å². The van der Waals surface area contributed by atoms with Crippen LogP contribution in [0.1, 0.15) is 29.3 Å². The lowest BCUT2D eigenvalue weighted by atomic mass is 10.1. The van der Waals surface area contributed by atoms with Crippen LogP contribution in [0.25, 0.3) is 0 Å². The number of aromatic nitrogens is 2. The van der Waals surface area contributed by atoms with Crippen LogP contribution in [0.5, 0.6) is 0 Å². The third-order valence-corrected chi connectivity index (χ3v) is 2.78. The van der Waals surface area contributed by atoms with E-state index < -0.39 is 0 Å². The van der Waals surface area contributed by atoms with Crippen molar-refractivity contribution in [2.24, 2.45) is 0 Å². The van der Waals surface area contributed by atoms with Crippen molar-refractivity contribution >= 4 is 11.6 Å². The Hall–Kier alpha value is -1.35. The molecular weight excluding hydrogens is 236 g/mol. The molecule has 2 rings (SSSR count). The van der Waals surface area contributed by atoms with Crippen molar-refractivity contribution in [3.63, 3.8) is 0 Å². The van der Waals surface area contributed by atoms with Crippen molar-refractivity contribution in [3.8, 4) is 0 Å². The number of hydrogen-bond acceptors (Lipinski definition) is 3. The lowest BCUT2D eigenvalue weighted by molar-refractivity contribution is 0.455. The van der Waals surface area contributed by atoms with E-state index in [0.717, 1.165) is 12.8 Å². The van der Waals surface area contributed by atoms with Crippen LogP contribution >= 0.6 is 11.6 Å². The molecule has 3 nitrogen and oxygen atoms in total. The summed E-state index contributed by atoms with van der Waals surface area (Å²) >= 11 is 5.61. The van der Waals surface area contributed by atoms with Gasteiger partial charge in [-0.25, -0.2) is 0 Å². The zero-order valence-electron chi connectivity index (χ0n) is 9.82. The van der Waals surface area contributed by atoms with Gasteiger partial charge in [-0.3, -0.25) is 0 Å². The lowest BCUT2D eigenvalue weighted by Gasteiger charge is -1.97. The third-order valence-electron chi connectivity index (χ3n) is 2.51. The smallest absolute Gasteiger partial charge is 0.220 e. The summed E-state index contributed by atoms with van der Waals surface area (Å²) in [5.41, 5.74) is 2.44. The highest BCUT2D eigenvalue weighted by atomic mass is 35.5. The van der Waals surface area contributed by atoms with E-state index in [9.17, 15) is 0 Å². The third kappa shape index (κ3) is 3.56. The largest absolute Gasteiger partial charge is 0.425 e. The molecule has 0 N–H and O–H groups in total. The number of alkyl halides is 1. The minimum absolute atomic E-state index is 0.621. The Morgan fingerprint density at radius 2 is 1.82 bits per heavy atom. The van der Waals surface area contributed by atoms with Gasteiger partial charge in [-0.05, 0) is 18.9 Å². The topological polar surface area (TPSA) is 38.9 Å². The predicted molar refractivity (Wildman–Crippen MR) is 67.3 cm³/mol. The van der Waals surface area contributed by atoms with Crippen LogP contribution in [0.2, 0.25) is 0 Å². The van der Waals surface area contributed by atoms with Crippen molar-refractivity contribution in [2.75, 3.05) is 5.88 Å². The van der Waals surface area contributed by atoms with Gasteiger partial charge in [0.25, 0.3) is 0 Å². The van der Waals surface area contributed by atoms with Crippen molar-refractivity contribution < 1.29 is 4.42 Å². The van der Waals surface area contributed by atoms with E-state index >= 15 is 0 Å². The molecule has 0 saturated heterocycles. The zero-order valence-corrected chi connectivity index (χ0v) is 10.6. The molecule has 0 saturated carbocycles. The van der Waals surface area contributed by atoms with E-state index in [1.54, 1.807) is 0 Å². The average molecular weight is 251 g/mol. The van der Waals surface area contributed by atoms with Gasteiger partial charge >= 0.3 is 0 Å². The number of aryl methyl sites for hydroxylation is 2. The highest BCUT2D eigenvalue weighted by Gasteiger charge is 2.06. The maximum absolute atomic E-state index is 5.61. The molecule has 0 aliphatic carbocycles. The summed E-state index contributed by atoms with van der Waals surface area (Å²) in [6.45, 7) is 2.07. The molecule has 17 heavy (non-hydrogen) atoms. The fraction of sp³-hybridized carbons (Fsp3) is 0.385. The molecular formula is C13H15ClN2O. The number of hydrogen-bond donors (Lipinski definition) is 0. The van der Waals surface area contributed by atoms with Gasteiger partial charge in [0.15, 0.2) is 0 Å². The van der Waals surface area contributed by atoms with Crippen LogP contribution < -0.4 is 0 Å². The molecule has 4 heteroatoms. The van der Waals surface area contributed by atoms with E-state index in [-0.39, 0.29) is 0 Å². The molecule has 0 fully saturated rings. The first kappa shape index (κ1) is 12.1. The van der Waals surface area contributed by atoms with Crippen molar-refractivity contribution in [1.82, 2.24) is 10.2 Å². The van der Waals surface area contributed by atoms with Crippen LogP contribution in [0.3, 0.4) is 0 Å². The highest BCUT2D eigenvalue weighted by molar-refractivity contribution is 6.17. The summed E-state index contributed by atoms with van der Waals surface area (Å²) in [6, 6.07) is 8.33. The normalized spacial score (nSPS) is 10.7. The molecule has 0 spiro atoms. The second-order valence-corrected chi connectivity index (χ2v) is 4.42. The van der Waals surface area contributed by atoms with Gasteiger partial charge in [0.2, 0.25) is 11.8 Å². The molecule has 0 aliphatic rings. The Balaban J connectivity index is 1.98. The number of rotatable bonds is 5. The summed E-state index contributed by atoms with van der Waals surface area (Å²) < 4.78 is 5.54. The maximum atomic E-state index is 5.61. The van der Waals surface area contributed by atoms with Gasteiger partial charge in [0, 0.05) is 12.3 Å². The summed E-state index contributed by atoms with van der Waals surface area (Å²) in [4.78, 5) is 0. The van der Waals surface area contributed by atoms with Crippen LogP contribution in [-0.4, -0.2) is 16.1 Å². The van der Waals surface area contributed by atoms with E-state index in [1.165, 1.54) is 11.1 Å². The van der Waals surface area contributed by atoms with Crippen LogP contribution in [0, 0.1) is 6.92 Å². The second kappa shape index (κ2) is 5.82. The molecule has 90 valence electrons. The van der Waals surface area contributed by atoms with Gasteiger partial charge in [-0.2, -0.15) is 0 Å². The summed E-state index contributed by atoms with van der Waals surface area (Å²) in [5, 5.41) is 8.02. The van der Waals surface area contributed by atoms with Gasteiger partial charge in [-0.15, -0.1) is 21.8 Å². The van der Waals surface area contributed by atoms with Gasteiger partial charge < -0.3 is 4.42 Å². The van der Waals surface area contributed by atoms with Gasteiger partial charge in [-0.1, -0.05) is 29.8 Å². The van der Waals surface area contributed by atoms with Crippen LogP contribution in [0.15, 0.2) is 28.7 Å². The molecule has 0 atom stereocenters. The molecule has 1 heterocycles. The first-order chi connectivity index (χ1) is 8.28. The fourth-order valence-corrected chi connectivity index (χ4v) is 1.69. The van der Waals surface area contributed by atoms with Crippen LogP contribution in [-0.2, 0) is 12.8 Å². The van der Waals surface area contributed by atoms with E-state index in [0.29, 0.717) is 24.1 Å². The SMILES string of the molecule is Cc1ccc(Cc2nnc(CCCCl)o2)cc1. The quantitative estimate of drug-likeness (QED) is 0.766. The monoisotopic (exact) mass is 250 g/mol. The summed E-state index contributed by atoms with van der Waals surface area (Å²) in [5.74, 6) is 1.96. The number of benzene rings is 1. The van der Waals surface area contributed by atoms with Gasteiger partial charge in [0.05, 0.1) is 6.42 Å². The molecule has 1 aromatic carbocycles. The summed E-state index contributed by atoms with van der Waals surface area (Å²) in [6.07, 6.45) is 2.31. The Bertz CT molecular complexity index is 465. The predicted octanol–water partition coefficient (Wildman–Crippen LogP) is 3.14. The Kier molecular flexibility index (Phi) is 4.15. The second-order valence-electron chi connectivity index (χ2n) is 4.04. The van der Waals surface area contributed by atoms with E-state index in [1.807, 2.05) is 0 Å².